The molecule has 1 aromatic rings. The Morgan fingerprint density at radius 1 is 1.80 bits per heavy atom. The number of nitrogens with zero attached hydrogens (tertiary/aromatic N) is 2. The monoisotopic (exact) mass is 249 g/mol. The number of nitrogen functional groups attached to an aromatic ring is 1. The van der Waals surface area contributed by atoms with Crippen LogP contribution in [-0.2, 0) is 9.63 Å². The second-order valence-electron chi connectivity index (χ2n) is 2.34. The Hall–Kier alpha value is -1.34. The number of hydrogen-bond acceptors (Lipinski definition) is 6. The molecule has 6 nitrogen and oxygen atoms in total. The third-order valence-corrected chi connectivity index (χ3v) is 2.40. The number of anilines is 1. The zero-order valence-corrected chi connectivity index (χ0v) is 9.30. The van der Waals surface area contributed by atoms with Crippen molar-refractivity contribution in [2.45, 2.75) is 6.92 Å². The number of aromatic nitrogens is 1. The molecule has 0 radical (unpaired) electrons. The average Bonchev–Trinajstić information content (AvgIpc) is 2.46. The van der Waals surface area contributed by atoms with Crippen LogP contribution >= 0.6 is 22.9 Å². The van der Waals surface area contributed by atoms with E-state index in [0.717, 1.165) is 11.3 Å². The van der Waals surface area contributed by atoms with Crippen molar-refractivity contribution in [1.29, 1.82) is 0 Å². The summed E-state index contributed by atoms with van der Waals surface area (Å²) in [7, 11) is 0. The summed E-state index contributed by atoms with van der Waals surface area (Å²) < 4.78 is 0.174. The number of carboxylic acid groups (broad SMARTS) is 1. The molecule has 1 rings (SSSR count). The summed E-state index contributed by atoms with van der Waals surface area (Å²) in [5.41, 5.74) is 5.06. The molecular formula is C7H8ClN3O3S. The van der Waals surface area contributed by atoms with Crippen LogP contribution in [0.5, 0.6) is 0 Å². The highest BCUT2D eigenvalue weighted by atomic mass is 35.5. The Bertz CT molecular complexity index is 404. The van der Waals surface area contributed by atoms with Crippen LogP contribution in [0.2, 0.25) is 4.34 Å². The largest absolute Gasteiger partial charge is 0.476 e. The van der Waals surface area contributed by atoms with E-state index in [0.29, 0.717) is 0 Å². The molecule has 0 saturated heterocycles. The summed E-state index contributed by atoms with van der Waals surface area (Å²) in [6.45, 7) is 1.94. The predicted molar refractivity (Wildman–Crippen MR) is 57.3 cm³/mol. The van der Waals surface area contributed by atoms with E-state index in [4.69, 9.17) is 22.4 Å². The molecule has 0 atom stereocenters. The van der Waals surface area contributed by atoms with Gasteiger partial charge in [-0.15, -0.1) is 0 Å². The smallest absolute Gasteiger partial charge is 0.360 e. The van der Waals surface area contributed by atoms with Crippen LogP contribution in [0.4, 0.5) is 5.13 Å². The highest BCUT2D eigenvalue weighted by Crippen LogP contribution is 2.26. The van der Waals surface area contributed by atoms with E-state index in [1.165, 1.54) is 0 Å². The molecule has 0 aliphatic carbocycles. The highest BCUT2D eigenvalue weighted by Gasteiger charge is 2.21. The Kier molecular flexibility index (Phi) is 3.87. The molecular weight excluding hydrogens is 242 g/mol. The first-order chi connectivity index (χ1) is 7.06. The van der Waals surface area contributed by atoms with E-state index in [9.17, 15) is 4.79 Å². The lowest BCUT2D eigenvalue weighted by Crippen LogP contribution is -2.16. The molecule has 0 amide bonds. The van der Waals surface area contributed by atoms with E-state index in [-0.39, 0.29) is 27.5 Å². The molecule has 0 aromatic carbocycles. The van der Waals surface area contributed by atoms with Gasteiger partial charge >= 0.3 is 5.97 Å². The van der Waals surface area contributed by atoms with Crippen LogP contribution < -0.4 is 5.73 Å². The Morgan fingerprint density at radius 3 is 2.87 bits per heavy atom. The van der Waals surface area contributed by atoms with Gasteiger partial charge in [0, 0.05) is 0 Å². The van der Waals surface area contributed by atoms with Gasteiger partial charge in [-0.2, -0.15) is 0 Å². The number of carbonyl (C=O) groups is 1. The van der Waals surface area contributed by atoms with Crippen LogP contribution in [0.1, 0.15) is 12.6 Å². The van der Waals surface area contributed by atoms with Crippen molar-refractivity contribution >= 4 is 39.8 Å². The van der Waals surface area contributed by atoms with Crippen LogP contribution in [-0.4, -0.2) is 28.4 Å². The van der Waals surface area contributed by atoms with Crippen molar-refractivity contribution in [3.05, 3.63) is 10.0 Å². The zero-order chi connectivity index (χ0) is 11.4. The zero-order valence-electron chi connectivity index (χ0n) is 7.73. The molecule has 0 fully saturated rings. The van der Waals surface area contributed by atoms with Gasteiger partial charge in [0.05, 0.1) is 0 Å². The fraction of sp³-hybridized carbons (Fsp3) is 0.286. The Balaban J connectivity index is 3.10. The van der Waals surface area contributed by atoms with E-state index in [2.05, 4.69) is 15.0 Å². The summed E-state index contributed by atoms with van der Waals surface area (Å²) in [5.74, 6) is -1.27. The summed E-state index contributed by atoms with van der Waals surface area (Å²) in [6.07, 6.45) is 0. The molecule has 0 aliphatic rings. The quantitative estimate of drug-likeness (QED) is 0.617. The number of aliphatic carboxylic acids is 1. The van der Waals surface area contributed by atoms with Crippen LogP contribution in [0.15, 0.2) is 5.16 Å². The van der Waals surface area contributed by atoms with Gasteiger partial charge in [0.1, 0.15) is 16.6 Å². The molecule has 0 spiro atoms. The summed E-state index contributed by atoms with van der Waals surface area (Å²) in [6, 6.07) is 0. The lowest BCUT2D eigenvalue weighted by Gasteiger charge is -1.97. The number of oxime groups is 1. The number of halogens is 1. The summed E-state index contributed by atoms with van der Waals surface area (Å²) in [5, 5.41) is 12.4. The number of hydrogen-bond donors (Lipinski definition) is 2. The minimum Gasteiger partial charge on any atom is -0.476 e. The third-order valence-electron chi connectivity index (χ3n) is 1.31. The van der Waals surface area contributed by atoms with Crippen LogP contribution in [0.3, 0.4) is 0 Å². The van der Waals surface area contributed by atoms with Crippen LogP contribution in [0.25, 0.3) is 0 Å². The normalized spacial score (nSPS) is 11.5. The van der Waals surface area contributed by atoms with Gasteiger partial charge in [0.2, 0.25) is 5.71 Å². The fourth-order valence-electron chi connectivity index (χ4n) is 0.776. The van der Waals surface area contributed by atoms with Crippen molar-refractivity contribution in [3.63, 3.8) is 0 Å². The number of nitrogens with two attached hydrogens (primary N) is 1. The van der Waals surface area contributed by atoms with Crippen molar-refractivity contribution in [2.24, 2.45) is 5.16 Å². The van der Waals surface area contributed by atoms with Gasteiger partial charge in [-0.3, -0.25) is 0 Å². The number of thiazole rings is 1. The second kappa shape index (κ2) is 4.94. The molecule has 82 valence electrons. The van der Waals surface area contributed by atoms with Gasteiger partial charge in [-0.05, 0) is 6.92 Å². The molecule has 3 N–H and O–H groups in total. The highest BCUT2D eigenvalue weighted by molar-refractivity contribution is 7.19. The van der Waals surface area contributed by atoms with E-state index in [1.54, 1.807) is 6.92 Å². The first-order valence-corrected chi connectivity index (χ1v) is 5.11. The number of carboxylic acids is 1. The minimum atomic E-state index is -1.27. The first-order valence-electron chi connectivity index (χ1n) is 3.91. The van der Waals surface area contributed by atoms with E-state index < -0.39 is 5.97 Å². The van der Waals surface area contributed by atoms with Gasteiger partial charge in [-0.25, -0.2) is 9.78 Å². The lowest BCUT2D eigenvalue weighted by molar-refractivity contribution is -0.129. The van der Waals surface area contributed by atoms with Gasteiger partial charge in [-0.1, -0.05) is 28.1 Å². The maximum atomic E-state index is 10.8. The van der Waals surface area contributed by atoms with Crippen molar-refractivity contribution in [2.75, 3.05) is 12.3 Å². The average molecular weight is 250 g/mol. The van der Waals surface area contributed by atoms with Crippen molar-refractivity contribution in [3.8, 4) is 0 Å². The van der Waals surface area contributed by atoms with Crippen molar-refractivity contribution < 1.29 is 14.7 Å². The molecule has 15 heavy (non-hydrogen) atoms. The SMILES string of the molecule is CCON=C(C(=O)O)c1nc(N)sc1Cl. The standard InChI is InChI=1S/C7H8ClN3O3S/c1-2-14-11-4(6(12)13)3-5(8)15-7(9)10-3/h2H2,1H3,(H2,9,10)(H,12,13). The molecule has 1 heterocycles. The van der Waals surface area contributed by atoms with Crippen LogP contribution in [0, 0.1) is 0 Å². The van der Waals surface area contributed by atoms with Gasteiger partial charge in [0.15, 0.2) is 5.13 Å². The minimum absolute atomic E-state index is 0.0279. The molecule has 8 heteroatoms. The Labute approximate surface area is 94.3 Å². The maximum Gasteiger partial charge on any atom is 0.360 e. The lowest BCUT2D eigenvalue weighted by atomic mass is 10.3. The van der Waals surface area contributed by atoms with E-state index in [1.807, 2.05) is 0 Å². The van der Waals surface area contributed by atoms with Gasteiger partial charge < -0.3 is 15.7 Å². The molecule has 0 saturated carbocycles. The molecule has 1 aromatic heterocycles. The topological polar surface area (TPSA) is 97.8 Å². The third kappa shape index (κ3) is 2.80. The molecule has 0 unspecified atom stereocenters. The van der Waals surface area contributed by atoms with E-state index >= 15 is 0 Å². The second-order valence-corrected chi connectivity index (χ2v) is 3.97. The molecule has 0 aliphatic heterocycles. The first kappa shape index (κ1) is 11.7. The summed E-state index contributed by atoms with van der Waals surface area (Å²) >= 11 is 6.72. The predicted octanol–water partition coefficient (Wildman–Crippen LogP) is 1.20. The Morgan fingerprint density at radius 2 is 2.47 bits per heavy atom. The van der Waals surface area contributed by atoms with Gasteiger partial charge in [0.25, 0.3) is 0 Å². The maximum absolute atomic E-state index is 10.8. The van der Waals surface area contributed by atoms with Crippen molar-refractivity contribution in [1.82, 2.24) is 4.98 Å². The summed E-state index contributed by atoms with van der Waals surface area (Å²) in [4.78, 5) is 19.2. The fourth-order valence-corrected chi connectivity index (χ4v) is 1.70. The molecule has 0 bridgehead atoms. The number of rotatable bonds is 4.